The average Bonchev–Trinajstić information content (AvgIpc) is 3.20. The van der Waals surface area contributed by atoms with Crippen molar-refractivity contribution in [2.45, 2.75) is 6.92 Å². The third-order valence-electron chi connectivity index (χ3n) is 5.03. The van der Waals surface area contributed by atoms with Crippen molar-refractivity contribution in [2.75, 3.05) is 31.1 Å². The zero-order chi connectivity index (χ0) is 19.7. The van der Waals surface area contributed by atoms with Crippen molar-refractivity contribution in [3.8, 4) is 11.3 Å². The van der Waals surface area contributed by atoms with Gasteiger partial charge >= 0.3 is 0 Å². The highest BCUT2D eigenvalue weighted by molar-refractivity contribution is 7.80. The molecule has 28 heavy (non-hydrogen) atoms. The average molecular weight is 415 g/mol. The predicted octanol–water partition coefficient (Wildman–Crippen LogP) is 5.55. The van der Waals surface area contributed by atoms with Crippen LogP contribution in [-0.2, 0) is 0 Å². The molecule has 1 fully saturated rings. The van der Waals surface area contributed by atoms with Gasteiger partial charge in [0.15, 0.2) is 5.76 Å². The number of rotatable bonds is 3. The molecule has 3 aromatic rings. The first-order valence-electron chi connectivity index (χ1n) is 9.17. The SMILES string of the molecule is Cc1ccc(N2CCN(C(=S)c3ccc(-c4ccc(F)cc4)o3)CC2)cc1Cl. The largest absolute Gasteiger partial charge is 0.454 e. The normalized spacial score (nSPS) is 14.4. The molecule has 1 aliphatic rings. The van der Waals surface area contributed by atoms with Crippen LogP contribution < -0.4 is 4.90 Å². The molecule has 0 atom stereocenters. The zero-order valence-corrected chi connectivity index (χ0v) is 17.1. The van der Waals surface area contributed by atoms with Crippen LogP contribution in [0, 0.1) is 12.7 Å². The zero-order valence-electron chi connectivity index (χ0n) is 15.5. The second-order valence-corrected chi connectivity index (χ2v) is 7.68. The summed E-state index contributed by atoms with van der Waals surface area (Å²) in [6.45, 7) is 5.37. The summed E-state index contributed by atoms with van der Waals surface area (Å²) in [4.78, 5) is 5.18. The molecule has 0 saturated carbocycles. The van der Waals surface area contributed by atoms with Crippen LogP contribution in [-0.4, -0.2) is 36.1 Å². The van der Waals surface area contributed by atoms with Gasteiger partial charge in [-0.15, -0.1) is 0 Å². The fraction of sp³-hybridized carbons (Fsp3) is 0.227. The molecule has 0 amide bonds. The number of furan rings is 1. The maximum absolute atomic E-state index is 13.1. The number of halogens is 2. The lowest BCUT2D eigenvalue weighted by molar-refractivity contribution is 0.385. The highest BCUT2D eigenvalue weighted by Gasteiger charge is 2.22. The number of thiocarbonyl (C=S) groups is 1. The minimum absolute atomic E-state index is 0.265. The predicted molar refractivity (Wildman–Crippen MR) is 116 cm³/mol. The Bertz CT molecular complexity index is 994. The van der Waals surface area contributed by atoms with E-state index in [1.165, 1.54) is 12.1 Å². The Kier molecular flexibility index (Phi) is 5.38. The number of anilines is 1. The summed E-state index contributed by atoms with van der Waals surface area (Å²) in [5, 5.41) is 0.791. The van der Waals surface area contributed by atoms with Crippen molar-refractivity contribution >= 4 is 34.5 Å². The highest BCUT2D eigenvalue weighted by atomic mass is 35.5. The van der Waals surface area contributed by atoms with E-state index in [1.807, 2.05) is 25.1 Å². The summed E-state index contributed by atoms with van der Waals surface area (Å²) in [5.41, 5.74) is 3.05. The molecule has 144 valence electrons. The first-order valence-corrected chi connectivity index (χ1v) is 9.96. The minimum Gasteiger partial charge on any atom is -0.454 e. The van der Waals surface area contributed by atoms with Gasteiger partial charge < -0.3 is 14.2 Å². The molecule has 1 saturated heterocycles. The van der Waals surface area contributed by atoms with E-state index >= 15 is 0 Å². The van der Waals surface area contributed by atoms with Gasteiger partial charge in [-0.05, 0) is 61.0 Å². The number of nitrogens with zero attached hydrogens (tertiary/aromatic N) is 2. The Morgan fingerprint density at radius 2 is 1.71 bits per heavy atom. The Hall–Kier alpha value is -2.37. The standard InChI is InChI=1S/C22H20ClFN2OS/c1-15-2-7-18(14-19(15)23)25-10-12-26(13-11-25)22(28)21-9-8-20(27-21)16-3-5-17(24)6-4-16/h2-9,14H,10-13H2,1H3. The van der Waals surface area contributed by atoms with Crippen LogP contribution in [0.3, 0.4) is 0 Å². The van der Waals surface area contributed by atoms with Gasteiger partial charge in [0.25, 0.3) is 0 Å². The summed E-state index contributed by atoms with van der Waals surface area (Å²) in [6.07, 6.45) is 0. The Labute approximate surface area is 174 Å². The smallest absolute Gasteiger partial charge is 0.162 e. The lowest BCUT2D eigenvalue weighted by Gasteiger charge is -2.37. The maximum atomic E-state index is 13.1. The van der Waals surface area contributed by atoms with Crippen LogP contribution in [0.25, 0.3) is 11.3 Å². The fourth-order valence-electron chi connectivity index (χ4n) is 3.32. The summed E-state index contributed by atoms with van der Waals surface area (Å²) in [5.74, 6) is 1.09. The number of hydrogen-bond acceptors (Lipinski definition) is 3. The van der Waals surface area contributed by atoms with Crippen LogP contribution in [0.4, 0.5) is 10.1 Å². The third-order valence-corrected chi connectivity index (χ3v) is 5.90. The van der Waals surface area contributed by atoms with Crippen LogP contribution in [0.1, 0.15) is 11.3 Å². The Morgan fingerprint density at radius 3 is 2.39 bits per heavy atom. The molecular weight excluding hydrogens is 395 g/mol. The number of piperazine rings is 1. The first kappa shape index (κ1) is 19.0. The van der Waals surface area contributed by atoms with E-state index in [1.54, 1.807) is 12.1 Å². The molecule has 0 aliphatic carbocycles. The van der Waals surface area contributed by atoms with Crippen molar-refractivity contribution in [2.24, 2.45) is 0 Å². The van der Waals surface area contributed by atoms with Gasteiger partial charge in [0.2, 0.25) is 0 Å². The highest BCUT2D eigenvalue weighted by Crippen LogP contribution is 2.26. The molecule has 1 aromatic heterocycles. The molecule has 3 nitrogen and oxygen atoms in total. The van der Waals surface area contributed by atoms with Crippen molar-refractivity contribution in [1.29, 1.82) is 0 Å². The van der Waals surface area contributed by atoms with Crippen molar-refractivity contribution in [3.63, 3.8) is 0 Å². The number of hydrogen-bond donors (Lipinski definition) is 0. The lowest BCUT2D eigenvalue weighted by atomic mass is 10.2. The maximum Gasteiger partial charge on any atom is 0.162 e. The summed E-state index contributed by atoms with van der Waals surface area (Å²) in [7, 11) is 0. The van der Waals surface area contributed by atoms with Gasteiger partial charge in [-0.1, -0.05) is 29.9 Å². The van der Waals surface area contributed by atoms with Crippen molar-refractivity contribution in [3.05, 3.63) is 76.8 Å². The van der Waals surface area contributed by atoms with E-state index in [9.17, 15) is 4.39 Å². The van der Waals surface area contributed by atoms with Gasteiger partial charge in [-0.3, -0.25) is 0 Å². The van der Waals surface area contributed by atoms with E-state index < -0.39 is 0 Å². The van der Waals surface area contributed by atoms with E-state index in [0.717, 1.165) is 48.0 Å². The molecule has 0 bridgehead atoms. The number of aryl methyl sites for hydroxylation is 1. The quantitative estimate of drug-likeness (QED) is 0.523. The molecule has 2 heterocycles. The van der Waals surface area contributed by atoms with E-state index in [4.69, 9.17) is 28.2 Å². The number of benzene rings is 2. The summed E-state index contributed by atoms with van der Waals surface area (Å²) in [6, 6.07) is 16.2. The monoisotopic (exact) mass is 414 g/mol. The summed E-state index contributed by atoms with van der Waals surface area (Å²) >= 11 is 11.9. The van der Waals surface area contributed by atoms with Gasteiger partial charge in [0.1, 0.15) is 16.6 Å². The molecule has 0 spiro atoms. The second-order valence-electron chi connectivity index (χ2n) is 6.88. The van der Waals surface area contributed by atoms with Crippen LogP contribution in [0.15, 0.2) is 59.0 Å². The van der Waals surface area contributed by atoms with Crippen LogP contribution in [0.2, 0.25) is 5.02 Å². The molecule has 4 rings (SSSR count). The first-order chi connectivity index (χ1) is 13.5. The Morgan fingerprint density at radius 1 is 1.00 bits per heavy atom. The molecule has 2 aromatic carbocycles. The van der Waals surface area contributed by atoms with E-state index in [2.05, 4.69) is 21.9 Å². The summed E-state index contributed by atoms with van der Waals surface area (Å²) < 4.78 is 19.0. The molecule has 1 aliphatic heterocycles. The van der Waals surface area contributed by atoms with Crippen LogP contribution in [0.5, 0.6) is 0 Å². The minimum atomic E-state index is -0.265. The van der Waals surface area contributed by atoms with Gasteiger partial charge in [0, 0.05) is 42.5 Å². The molecule has 0 radical (unpaired) electrons. The lowest BCUT2D eigenvalue weighted by Crippen LogP contribution is -2.48. The van der Waals surface area contributed by atoms with Gasteiger partial charge in [-0.25, -0.2) is 4.39 Å². The van der Waals surface area contributed by atoms with E-state index in [0.29, 0.717) is 16.5 Å². The molecule has 0 unspecified atom stereocenters. The molecule has 6 heteroatoms. The molecule has 0 N–H and O–H groups in total. The molecular formula is C22H20ClFN2OS. The van der Waals surface area contributed by atoms with Gasteiger partial charge in [0.05, 0.1) is 0 Å². The van der Waals surface area contributed by atoms with E-state index in [-0.39, 0.29) is 5.82 Å². The van der Waals surface area contributed by atoms with Gasteiger partial charge in [-0.2, -0.15) is 0 Å². The second kappa shape index (κ2) is 7.94. The Balaban J connectivity index is 1.41. The van der Waals surface area contributed by atoms with Crippen molar-refractivity contribution in [1.82, 2.24) is 4.90 Å². The fourth-order valence-corrected chi connectivity index (χ4v) is 3.79. The third kappa shape index (κ3) is 3.91. The van der Waals surface area contributed by atoms with Crippen molar-refractivity contribution < 1.29 is 8.81 Å². The topological polar surface area (TPSA) is 19.6 Å². The van der Waals surface area contributed by atoms with Crippen LogP contribution >= 0.6 is 23.8 Å².